The molecule has 0 unspecified atom stereocenters. The number of aliphatic hydroxyl groups excluding tert-OH is 1. The van der Waals surface area contributed by atoms with E-state index in [1.807, 2.05) is 0 Å². The lowest BCUT2D eigenvalue weighted by molar-refractivity contribution is -0.137. The Hall–Kier alpha value is -2.07. The van der Waals surface area contributed by atoms with Crippen LogP contribution in [0.5, 0.6) is 0 Å². The molecule has 0 spiro atoms. The van der Waals surface area contributed by atoms with Gasteiger partial charge in [0.1, 0.15) is 0 Å². The van der Waals surface area contributed by atoms with Crippen LogP contribution in [-0.4, -0.2) is 23.2 Å². The number of carbonyl (C=O) groups excluding carboxylic acids is 1. The van der Waals surface area contributed by atoms with Gasteiger partial charge in [0.05, 0.1) is 35.8 Å². The number of aliphatic hydroxyl groups is 1. The summed E-state index contributed by atoms with van der Waals surface area (Å²) < 4.78 is 38.9. The topological polar surface area (TPSA) is 64.3 Å². The number of benzene rings is 1. The first-order chi connectivity index (χ1) is 9.79. The van der Waals surface area contributed by atoms with Gasteiger partial charge in [0.15, 0.2) is 0 Å². The summed E-state index contributed by atoms with van der Waals surface area (Å²) in [6.45, 7) is 1.74. The van der Waals surface area contributed by atoms with Crippen LogP contribution in [0.3, 0.4) is 0 Å². The van der Waals surface area contributed by atoms with E-state index in [0.29, 0.717) is 6.42 Å². The molecule has 1 aromatic rings. The van der Waals surface area contributed by atoms with E-state index in [2.05, 4.69) is 0 Å². The summed E-state index contributed by atoms with van der Waals surface area (Å²) in [7, 11) is 0. The summed E-state index contributed by atoms with van der Waals surface area (Å²) in [5, 5.41) is 18.5. The standard InChI is InChI=1S/C14H13F3N2O2/c1-2-11-12(20)6-13(21)19(11)9-4-3-8(7-18)10(5-9)14(15,16)17/h3-5,11-12,20H,2,6H2,1H3/t11-,12+/m0/s1. The molecule has 2 atom stereocenters. The van der Waals surface area contributed by atoms with Crippen molar-refractivity contribution in [2.24, 2.45) is 0 Å². The van der Waals surface area contributed by atoms with Gasteiger partial charge in [-0.2, -0.15) is 18.4 Å². The van der Waals surface area contributed by atoms with Crippen LogP contribution in [0, 0.1) is 11.3 Å². The van der Waals surface area contributed by atoms with E-state index >= 15 is 0 Å². The first kappa shape index (κ1) is 15.3. The van der Waals surface area contributed by atoms with E-state index in [-0.39, 0.29) is 12.1 Å². The molecule has 0 aromatic heterocycles. The van der Waals surface area contributed by atoms with Gasteiger partial charge in [0.2, 0.25) is 5.91 Å². The van der Waals surface area contributed by atoms with Gasteiger partial charge in [-0.3, -0.25) is 4.79 Å². The number of carbonyl (C=O) groups is 1. The number of hydrogen-bond donors (Lipinski definition) is 1. The lowest BCUT2D eigenvalue weighted by Crippen LogP contribution is -2.36. The fourth-order valence-corrected chi connectivity index (χ4v) is 2.57. The van der Waals surface area contributed by atoms with Gasteiger partial charge in [-0.25, -0.2) is 0 Å². The zero-order chi connectivity index (χ0) is 15.8. The van der Waals surface area contributed by atoms with E-state index in [1.165, 1.54) is 17.0 Å². The van der Waals surface area contributed by atoms with Gasteiger partial charge in [-0.05, 0) is 24.6 Å². The zero-order valence-corrected chi connectivity index (χ0v) is 11.2. The Kier molecular flexibility index (Phi) is 3.92. The van der Waals surface area contributed by atoms with Crippen LogP contribution in [0.15, 0.2) is 18.2 Å². The lowest BCUT2D eigenvalue weighted by atomic mass is 10.1. The lowest BCUT2D eigenvalue weighted by Gasteiger charge is -2.26. The molecule has 112 valence electrons. The monoisotopic (exact) mass is 298 g/mol. The number of nitriles is 1. The van der Waals surface area contributed by atoms with Crippen LogP contribution >= 0.6 is 0 Å². The highest BCUT2D eigenvalue weighted by molar-refractivity contribution is 5.97. The highest BCUT2D eigenvalue weighted by Crippen LogP contribution is 2.36. The Bertz CT molecular complexity index is 607. The summed E-state index contributed by atoms with van der Waals surface area (Å²) >= 11 is 0. The number of rotatable bonds is 2. The normalized spacial score (nSPS) is 22.5. The van der Waals surface area contributed by atoms with Crippen molar-refractivity contribution in [2.45, 2.75) is 38.1 Å². The highest BCUT2D eigenvalue weighted by atomic mass is 19.4. The maximum Gasteiger partial charge on any atom is 0.417 e. The Morgan fingerprint density at radius 3 is 2.67 bits per heavy atom. The smallest absolute Gasteiger partial charge is 0.390 e. The summed E-state index contributed by atoms with van der Waals surface area (Å²) in [6, 6.07) is 4.07. The van der Waals surface area contributed by atoms with Gasteiger partial charge < -0.3 is 10.0 Å². The maximum absolute atomic E-state index is 13.0. The Labute approximate surface area is 119 Å². The predicted molar refractivity (Wildman–Crippen MR) is 68.3 cm³/mol. The Balaban J connectivity index is 2.51. The number of halogens is 3. The molecule has 0 saturated carbocycles. The van der Waals surface area contributed by atoms with E-state index in [4.69, 9.17) is 5.26 Å². The van der Waals surface area contributed by atoms with E-state index in [1.54, 1.807) is 6.92 Å². The van der Waals surface area contributed by atoms with Crippen LogP contribution in [0.2, 0.25) is 0 Å². The quantitative estimate of drug-likeness (QED) is 0.912. The number of alkyl halides is 3. The molecule has 2 rings (SSSR count). The first-order valence-corrected chi connectivity index (χ1v) is 6.41. The molecule has 1 aliphatic rings. The molecule has 1 aliphatic heterocycles. The zero-order valence-electron chi connectivity index (χ0n) is 11.2. The maximum atomic E-state index is 13.0. The minimum Gasteiger partial charge on any atom is -0.390 e. The molecular weight excluding hydrogens is 285 g/mol. The van der Waals surface area contributed by atoms with Crippen molar-refractivity contribution in [1.82, 2.24) is 0 Å². The molecule has 0 aliphatic carbocycles. The molecule has 1 fully saturated rings. The third-order valence-corrected chi connectivity index (χ3v) is 3.55. The van der Waals surface area contributed by atoms with Gasteiger partial charge in [0.25, 0.3) is 0 Å². The van der Waals surface area contributed by atoms with E-state index in [9.17, 15) is 23.1 Å². The average molecular weight is 298 g/mol. The van der Waals surface area contributed by atoms with Gasteiger partial charge in [-0.1, -0.05) is 6.92 Å². The Morgan fingerprint density at radius 1 is 1.48 bits per heavy atom. The number of nitrogens with zero attached hydrogens (tertiary/aromatic N) is 2. The second-order valence-corrected chi connectivity index (χ2v) is 4.85. The van der Waals surface area contributed by atoms with Crippen molar-refractivity contribution in [3.8, 4) is 6.07 Å². The Morgan fingerprint density at radius 2 is 2.14 bits per heavy atom. The molecule has 1 saturated heterocycles. The molecule has 4 nitrogen and oxygen atoms in total. The van der Waals surface area contributed by atoms with Crippen molar-refractivity contribution in [2.75, 3.05) is 4.90 Å². The van der Waals surface area contributed by atoms with Gasteiger partial charge >= 0.3 is 6.18 Å². The van der Waals surface area contributed by atoms with Crippen molar-refractivity contribution >= 4 is 11.6 Å². The van der Waals surface area contributed by atoms with Crippen LogP contribution < -0.4 is 4.90 Å². The predicted octanol–water partition coefficient (Wildman–Crippen LogP) is 2.45. The van der Waals surface area contributed by atoms with Crippen LogP contribution in [0.4, 0.5) is 18.9 Å². The third kappa shape index (κ3) is 2.72. The molecule has 1 aromatic carbocycles. The molecule has 0 bridgehead atoms. The van der Waals surface area contributed by atoms with E-state index in [0.717, 1.165) is 12.1 Å². The van der Waals surface area contributed by atoms with E-state index < -0.39 is 35.4 Å². The fourth-order valence-electron chi connectivity index (χ4n) is 2.57. The second-order valence-electron chi connectivity index (χ2n) is 4.85. The van der Waals surface area contributed by atoms with Crippen LogP contribution in [-0.2, 0) is 11.0 Å². The molecule has 0 radical (unpaired) electrons. The summed E-state index contributed by atoms with van der Waals surface area (Å²) in [4.78, 5) is 13.1. The van der Waals surface area contributed by atoms with Gasteiger partial charge in [-0.15, -0.1) is 0 Å². The molecule has 1 amide bonds. The number of hydrogen-bond acceptors (Lipinski definition) is 3. The molecule has 7 heteroatoms. The first-order valence-electron chi connectivity index (χ1n) is 6.41. The SMILES string of the molecule is CC[C@H]1[C@H](O)CC(=O)N1c1ccc(C#N)c(C(F)(F)F)c1. The third-order valence-electron chi connectivity index (χ3n) is 3.55. The molecule has 1 N–H and O–H groups in total. The summed E-state index contributed by atoms with van der Waals surface area (Å²) in [6.07, 6.45) is -5.26. The second kappa shape index (κ2) is 5.37. The minimum absolute atomic E-state index is 0.0507. The van der Waals surface area contributed by atoms with Crippen LogP contribution in [0.1, 0.15) is 30.9 Å². The van der Waals surface area contributed by atoms with Crippen molar-refractivity contribution in [3.05, 3.63) is 29.3 Å². The molecule has 21 heavy (non-hydrogen) atoms. The number of anilines is 1. The van der Waals surface area contributed by atoms with Crippen LogP contribution in [0.25, 0.3) is 0 Å². The summed E-state index contributed by atoms with van der Waals surface area (Å²) in [5.74, 6) is -0.424. The minimum atomic E-state index is -4.68. The molecule has 1 heterocycles. The molecular formula is C14H13F3N2O2. The number of amides is 1. The summed E-state index contributed by atoms with van der Waals surface area (Å²) in [5.41, 5.74) is -1.52. The average Bonchev–Trinajstić information content (AvgIpc) is 2.71. The largest absolute Gasteiger partial charge is 0.417 e. The fraction of sp³-hybridized carbons (Fsp3) is 0.429. The highest BCUT2D eigenvalue weighted by Gasteiger charge is 2.40. The van der Waals surface area contributed by atoms with Crippen molar-refractivity contribution in [3.63, 3.8) is 0 Å². The van der Waals surface area contributed by atoms with Gasteiger partial charge in [0, 0.05) is 5.69 Å². The van der Waals surface area contributed by atoms with Crippen molar-refractivity contribution in [1.29, 1.82) is 5.26 Å². The van der Waals surface area contributed by atoms with Crippen molar-refractivity contribution < 1.29 is 23.1 Å².